The zero-order valence-corrected chi connectivity index (χ0v) is 17.2. The molecule has 3 fully saturated rings. The summed E-state index contributed by atoms with van der Waals surface area (Å²) in [6.07, 6.45) is 5.60. The average Bonchev–Trinajstić information content (AvgIpc) is 2.88. The second-order valence-corrected chi connectivity index (χ2v) is 10.1. The van der Waals surface area contributed by atoms with Gasteiger partial charge in [-0.15, -0.1) is 0 Å². The van der Waals surface area contributed by atoms with E-state index in [-0.39, 0.29) is 29.2 Å². The summed E-state index contributed by atoms with van der Waals surface area (Å²) in [6.45, 7) is 10.4. The van der Waals surface area contributed by atoms with Crippen LogP contribution in [0.25, 0.3) is 0 Å². The average molecular weight is 376 g/mol. The van der Waals surface area contributed by atoms with Gasteiger partial charge in [0, 0.05) is 18.4 Å². The first-order chi connectivity index (χ1) is 12.6. The van der Waals surface area contributed by atoms with Crippen LogP contribution in [-0.2, 0) is 23.8 Å². The molecule has 5 nitrogen and oxygen atoms in total. The van der Waals surface area contributed by atoms with Crippen molar-refractivity contribution in [2.45, 2.75) is 85.7 Å². The molecule has 0 aromatic heterocycles. The van der Waals surface area contributed by atoms with Gasteiger partial charge >= 0.3 is 11.9 Å². The number of hydrogen-bond acceptors (Lipinski definition) is 5. The van der Waals surface area contributed by atoms with Crippen LogP contribution in [0.1, 0.15) is 73.1 Å². The van der Waals surface area contributed by atoms with Crippen molar-refractivity contribution in [2.75, 3.05) is 0 Å². The fraction of sp³-hybridized carbons (Fsp3) is 0.818. The van der Waals surface area contributed by atoms with Gasteiger partial charge in [-0.05, 0) is 61.3 Å². The Kier molecular flexibility index (Phi) is 4.45. The van der Waals surface area contributed by atoms with Crippen molar-refractivity contribution in [2.24, 2.45) is 28.6 Å². The van der Waals surface area contributed by atoms with Crippen LogP contribution in [0, 0.1) is 28.6 Å². The van der Waals surface area contributed by atoms with Crippen LogP contribution in [0.4, 0.5) is 0 Å². The van der Waals surface area contributed by atoms with E-state index in [2.05, 4.69) is 20.8 Å². The van der Waals surface area contributed by atoms with Gasteiger partial charge in [-0.1, -0.05) is 27.2 Å². The van der Waals surface area contributed by atoms with Crippen LogP contribution in [0.15, 0.2) is 11.1 Å². The Morgan fingerprint density at radius 1 is 1.19 bits per heavy atom. The number of carbonyl (C=O) groups excluding carboxylic acids is 2. The van der Waals surface area contributed by atoms with Crippen LogP contribution in [-0.4, -0.2) is 24.5 Å². The van der Waals surface area contributed by atoms with Gasteiger partial charge in [0.05, 0.1) is 5.92 Å². The third-order valence-electron chi connectivity index (χ3n) is 7.47. The van der Waals surface area contributed by atoms with Crippen LogP contribution < -0.4 is 0 Å². The lowest BCUT2D eigenvalue weighted by Crippen LogP contribution is -2.46. The maximum absolute atomic E-state index is 12.6. The Hall–Kier alpha value is -1.36. The van der Waals surface area contributed by atoms with E-state index >= 15 is 0 Å². The van der Waals surface area contributed by atoms with Crippen molar-refractivity contribution < 1.29 is 23.8 Å². The normalized spacial score (nSPS) is 43.1. The summed E-state index contributed by atoms with van der Waals surface area (Å²) in [4.78, 5) is 24.1. The maximum Gasteiger partial charge on any atom is 0.336 e. The van der Waals surface area contributed by atoms with Gasteiger partial charge in [0.15, 0.2) is 0 Å². The molecule has 2 aliphatic heterocycles. The quantitative estimate of drug-likeness (QED) is 0.670. The minimum absolute atomic E-state index is 0.0210. The van der Waals surface area contributed by atoms with Gasteiger partial charge in [0.25, 0.3) is 0 Å². The summed E-state index contributed by atoms with van der Waals surface area (Å²) in [7, 11) is 0. The largest absolute Gasteiger partial charge is 0.435 e. The van der Waals surface area contributed by atoms with Gasteiger partial charge in [0.1, 0.15) is 0 Å². The lowest BCUT2D eigenvalue weighted by molar-refractivity contribution is -0.214. The molecule has 5 heteroatoms. The molecule has 0 radical (unpaired) electrons. The molecule has 0 aromatic carbocycles. The van der Waals surface area contributed by atoms with E-state index in [0.29, 0.717) is 11.3 Å². The summed E-state index contributed by atoms with van der Waals surface area (Å²) in [5.74, 6) is -0.163. The molecule has 4 rings (SSSR count). The highest BCUT2D eigenvalue weighted by molar-refractivity contribution is 5.90. The fourth-order valence-corrected chi connectivity index (χ4v) is 6.59. The molecule has 2 aliphatic carbocycles. The van der Waals surface area contributed by atoms with E-state index in [1.54, 1.807) is 0 Å². The molecule has 0 spiro atoms. The van der Waals surface area contributed by atoms with Crippen molar-refractivity contribution in [3.8, 4) is 0 Å². The number of esters is 2. The molecule has 0 N–H and O–H groups in total. The first-order valence-corrected chi connectivity index (χ1v) is 10.4. The van der Waals surface area contributed by atoms with Crippen molar-refractivity contribution in [3.05, 3.63) is 11.1 Å². The first kappa shape index (κ1) is 19.0. The highest BCUT2D eigenvalue weighted by atomic mass is 16.8. The lowest BCUT2D eigenvalue weighted by Gasteiger charge is -2.52. The van der Waals surface area contributed by atoms with Gasteiger partial charge in [-0.3, -0.25) is 4.79 Å². The summed E-state index contributed by atoms with van der Waals surface area (Å²) in [5.41, 5.74) is 2.50. The molecular weight excluding hydrogens is 344 g/mol. The first-order valence-electron chi connectivity index (χ1n) is 10.4. The van der Waals surface area contributed by atoms with E-state index in [1.807, 2.05) is 6.92 Å². The molecular formula is C22H32O5. The number of ether oxygens (including phenoxy) is 3. The SMILES string of the molecule is CC(=O)O[C@@H]1O[C@H]2OC(=O)C(C)=C3[C@H]2[C@H]1CC[C@@H]3[C@@]1(C)CCCC(C)(C)C1. The summed E-state index contributed by atoms with van der Waals surface area (Å²) < 4.78 is 16.9. The zero-order valence-electron chi connectivity index (χ0n) is 17.2. The minimum Gasteiger partial charge on any atom is -0.435 e. The predicted molar refractivity (Wildman–Crippen MR) is 99.3 cm³/mol. The molecule has 150 valence electrons. The number of rotatable bonds is 2. The Bertz CT molecular complexity index is 693. The van der Waals surface area contributed by atoms with Gasteiger partial charge in [-0.2, -0.15) is 0 Å². The van der Waals surface area contributed by atoms with Crippen molar-refractivity contribution >= 4 is 11.9 Å². The minimum atomic E-state index is -0.617. The monoisotopic (exact) mass is 376 g/mol. The summed E-state index contributed by atoms with van der Waals surface area (Å²) in [5, 5.41) is 0. The molecule has 2 heterocycles. The van der Waals surface area contributed by atoms with Crippen LogP contribution >= 0.6 is 0 Å². The Morgan fingerprint density at radius 3 is 2.59 bits per heavy atom. The molecule has 6 atom stereocenters. The molecule has 0 bridgehead atoms. The topological polar surface area (TPSA) is 61.8 Å². The lowest BCUT2D eigenvalue weighted by atomic mass is 9.53. The number of hydrogen-bond donors (Lipinski definition) is 0. The number of carbonyl (C=O) groups is 2. The third kappa shape index (κ3) is 3.12. The Labute approximate surface area is 161 Å². The predicted octanol–water partition coefficient (Wildman–Crippen LogP) is 4.35. The van der Waals surface area contributed by atoms with Gasteiger partial charge in [-0.25, -0.2) is 4.79 Å². The standard InChI is InChI=1S/C22H32O5/c1-12-16-15(22(5)10-6-9-21(3,4)11-22)8-7-14-17(16)20(26-18(12)24)27-19(14)25-13(2)23/h14-15,17,19-20H,6-11H2,1-5H3/t14-,15+,17-,19-,20-,22+/m1/s1. The van der Waals surface area contributed by atoms with E-state index in [0.717, 1.165) is 18.4 Å². The van der Waals surface area contributed by atoms with Gasteiger partial charge < -0.3 is 14.2 Å². The maximum atomic E-state index is 12.6. The summed E-state index contributed by atoms with van der Waals surface area (Å²) in [6, 6.07) is 0. The smallest absolute Gasteiger partial charge is 0.336 e. The van der Waals surface area contributed by atoms with E-state index in [4.69, 9.17) is 14.2 Å². The second-order valence-electron chi connectivity index (χ2n) is 10.1. The zero-order chi connectivity index (χ0) is 19.6. The van der Waals surface area contributed by atoms with E-state index in [1.165, 1.54) is 38.2 Å². The van der Waals surface area contributed by atoms with Crippen LogP contribution in [0.3, 0.4) is 0 Å². The van der Waals surface area contributed by atoms with Crippen molar-refractivity contribution in [1.82, 2.24) is 0 Å². The molecule has 0 amide bonds. The molecule has 0 aromatic rings. The summed E-state index contributed by atoms with van der Waals surface area (Å²) >= 11 is 0. The van der Waals surface area contributed by atoms with E-state index in [9.17, 15) is 9.59 Å². The highest BCUT2D eigenvalue weighted by Gasteiger charge is 2.59. The molecule has 4 aliphatic rings. The Balaban J connectivity index is 1.71. The van der Waals surface area contributed by atoms with Crippen molar-refractivity contribution in [1.29, 1.82) is 0 Å². The molecule has 2 saturated carbocycles. The van der Waals surface area contributed by atoms with Crippen molar-refractivity contribution in [3.63, 3.8) is 0 Å². The fourth-order valence-electron chi connectivity index (χ4n) is 6.59. The molecule has 1 saturated heterocycles. The van der Waals surface area contributed by atoms with Crippen LogP contribution in [0.2, 0.25) is 0 Å². The van der Waals surface area contributed by atoms with E-state index < -0.39 is 12.6 Å². The molecule has 0 unspecified atom stereocenters. The third-order valence-corrected chi connectivity index (χ3v) is 7.47. The highest BCUT2D eigenvalue weighted by Crippen LogP contribution is 2.60. The van der Waals surface area contributed by atoms with Gasteiger partial charge in [0.2, 0.25) is 12.6 Å². The molecule has 27 heavy (non-hydrogen) atoms. The Morgan fingerprint density at radius 2 is 1.93 bits per heavy atom. The van der Waals surface area contributed by atoms with Crippen LogP contribution in [0.5, 0.6) is 0 Å². The second kappa shape index (κ2) is 6.33.